The molecule has 0 N–H and O–H groups in total. The van der Waals surface area contributed by atoms with E-state index in [0.29, 0.717) is 32.0 Å². The number of hydrogen-bond acceptors (Lipinski definition) is 6. The van der Waals surface area contributed by atoms with Crippen molar-refractivity contribution >= 4 is 11.6 Å². The van der Waals surface area contributed by atoms with Crippen molar-refractivity contribution in [2.75, 3.05) is 44.8 Å². The average molecular weight is 540 g/mol. The van der Waals surface area contributed by atoms with E-state index in [-0.39, 0.29) is 5.91 Å². The van der Waals surface area contributed by atoms with Crippen LogP contribution in [0.25, 0.3) is 0 Å². The van der Waals surface area contributed by atoms with Gasteiger partial charge >= 0.3 is 0 Å². The van der Waals surface area contributed by atoms with Gasteiger partial charge in [0.2, 0.25) is 0 Å². The van der Waals surface area contributed by atoms with E-state index in [1.165, 1.54) is 11.1 Å². The smallest absolute Gasteiger partial charge is 0.289 e. The molecule has 1 amide bonds. The van der Waals surface area contributed by atoms with Crippen molar-refractivity contribution in [1.82, 2.24) is 9.80 Å². The van der Waals surface area contributed by atoms with Gasteiger partial charge in [-0.15, -0.1) is 0 Å². The second-order valence-corrected chi connectivity index (χ2v) is 9.92. The second kappa shape index (κ2) is 13.2. The van der Waals surface area contributed by atoms with E-state index in [0.717, 1.165) is 49.1 Å². The summed E-state index contributed by atoms with van der Waals surface area (Å²) in [7, 11) is 1.67. The first-order valence-corrected chi connectivity index (χ1v) is 13.9. The van der Waals surface area contributed by atoms with Crippen molar-refractivity contribution in [2.45, 2.75) is 26.6 Å². The van der Waals surface area contributed by atoms with Gasteiger partial charge in [-0.05, 0) is 54.4 Å². The molecule has 0 bridgehead atoms. The van der Waals surface area contributed by atoms with Crippen LogP contribution in [0.2, 0.25) is 0 Å². The van der Waals surface area contributed by atoms with Crippen LogP contribution in [-0.4, -0.2) is 55.6 Å². The number of benzene rings is 3. The van der Waals surface area contributed by atoms with Gasteiger partial charge in [-0.25, -0.2) is 0 Å². The highest BCUT2D eigenvalue weighted by molar-refractivity contribution is 5.91. The minimum atomic E-state index is -0.0613. The van der Waals surface area contributed by atoms with Crippen LogP contribution in [0.3, 0.4) is 0 Å². The molecule has 1 saturated heterocycles. The molecule has 2 heterocycles. The molecule has 40 heavy (non-hydrogen) atoms. The van der Waals surface area contributed by atoms with E-state index >= 15 is 0 Å². The summed E-state index contributed by atoms with van der Waals surface area (Å²) in [5, 5.41) is 0. The van der Waals surface area contributed by atoms with Crippen molar-refractivity contribution in [3.8, 4) is 11.5 Å². The van der Waals surface area contributed by atoms with Crippen molar-refractivity contribution < 1.29 is 18.7 Å². The molecule has 0 aliphatic carbocycles. The number of rotatable bonds is 11. The standard InChI is InChI=1S/C33H37N3O4/c1-3-39-31-12-8-7-11-30(31)35-19-21-36(22-20-35)33(37)32-18-17-29(40-32)25-34(23-26-9-5-4-6-10-26)24-27-13-15-28(38-2)16-14-27/h4-18H,3,19-25H2,1-2H3. The third kappa shape index (κ3) is 6.85. The van der Waals surface area contributed by atoms with Gasteiger partial charge < -0.3 is 23.7 Å². The van der Waals surface area contributed by atoms with Gasteiger partial charge in [-0.3, -0.25) is 9.69 Å². The van der Waals surface area contributed by atoms with Gasteiger partial charge in [0, 0.05) is 39.3 Å². The fourth-order valence-corrected chi connectivity index (χ4v) is 5.10. The van der Waals surface area contributed by atoms with Gasteiger partial charge in [-0.2, -0.15) is 0 Å². The Labute approximate surface area is 236 Å². The van der Waals surface area contributed by atoms with Crippen molar-refractivity contribution in [3.63, 3.8) is 0 Å². The van der Waals surface area contributed by atoms with E-state index in [1.54, 1.807) is 7.11 Å². The normalized spacial score (nSPS) is 13.5. The lowest BCUT2D eigenvalue weighted by Gasteiger charge is -2.36. The summed E-state index contributed by atoms with van der Waals surface area (Å²) in [5.74, 6) is 2.83. The monoisotopic (exact) mass is 539 g/mol. The number of piperazine rings is 1. The Morgan fingerprint density at radius 1 is 0.800 bits per heavy atom. The first-order valence-electron chi connectivity index (χ1n) is 13.9. The minimum Gasteiger partial charge on any atom is -0.497 e. The number of methoxy groups -OCH3 is 1. The number of amides is 1. The lowest BCUT2D eigenvalue weighted by atomic mass is 10.1. The Kier molecular flexibility index (Phi) is 9.04. The van der Waals surface area contributed by atoms with E-state index in [4.69, 9.17) is 13.9 Å². The average Bonchev–Trinajstić information content (AvgIpc) is 3.47. The Bertz CT molecular complexity index is 1360. The fourth-order valence-electron chi connectivity index (χ4n) is 5.10. The molecule has 7 nitrogen and oxygen atoms in total. The van der Waals surface area contributed by atoms with E-state index in [2.05, 4.69) is 52.3 Å². The Morgan fingerprint density at radius 3 is 2.17 bits per heavy atom. The SMILES string of the molecule is CCOc1ccccc1N1CCN(C(=O)c2ccc(CN(Cc3ccccc3)Cc3ccc(OC)cc3)o2)CC1. The maximum absolute atomic E-state index is 13.3. The zero-order chi connectivity index (χ0) is 27.7. The number of anilines is 1. The summed E-state index contributed by atoms with van der Waals surface area (Å²) in [4.78, 5) is 19.8. The summed E-state index contributed by atoms with van der Waals surface area (Å²) < 4.78 is 17.2. The molecular weight excluding hydrogens is 502 g/mol. The predicted octanol–water partition coefficient (Wildman–Crippen LogP) is 5.85. The molecular formula is C33H37N3O4. The van der Waals surface area contributed by atoms with Crippen molar-refractivity contribution in [2.24, 2.45) is 0 Å². The molecule has 1 aliphatic rings. The number of para-hydroxylation sites is 2. The number of nitrogens with zero attached hydrogens (tertiary/aromatic N) is 3. The van der Waals surface area contributed by atoms with E-state index in [1.807, 2.05) is 60.4 Å². The number of carbonyl (C=O) groups is 1. The highest BCUT2D eigenvalue weighted by Crippen LogP contribution is 2.29. The second-order valence-electron chi connectivity index (χ2n) is 9.92. The molecule has 1 fully saturated rings. The van der Waals surface area contributed by atoms with Crippen LogP contribution >= 0.6 is 0 Å². The van der Waals surface area contributed by atoms with Crippen molar-refractivity contribution in [3.05, 3.63) is 114 Å². The highest BCUT2D eigenvalue weighted by atomic mass is 16.5. The van der Waals surface area contributed by atoms with Gasteiger partial charge in [-0.1, -0.05) is 54.6 Å². The molecule has 1 aliphatic heterocycles. The summed E-state index contributed by atoms with van der Waals surface area (Å²) in [6.07, 6.45) is 0. The highest BCUT2D eigenvalue weighted by Gasteiger charge is 2.26. The number of hydrogen-bond donors (Lipinski definition) is 0. The van der Waals surface area contributed by atoms with Gasteiger partial charge in [0.15, 0.2) is 5.76 Å². The topological polar surface area (TPSA) is 58.4 Å². The Morgan fingerprint density at radius 2 is 1.48 bits per heavy atom. The zero-order valence-electron chi connectivity index (χ0n) is 23.3. The molecule has 4 aromatic rings. The van der Waals surface area contributed by atoms with E-state index in [9.17, 15) is 4.79 Å². The summed E-state index contributed by atoms with van der Waals surface area (Å²) in [6.45, 7) is 7.47. The lowest BCUT2D eigenvalue weighted by molar-refractivity contribution is 0.0710. The van der Waals surface area contributed by atoms with E-state index < -0.39 is 0 Å². The molecule has 0 saturated carbocycles. The third-order valence-electron chi connectivity index (χ3n) is 7.14. The van der Waals surface area contributed by atoms with Gasteiger partial charge in [0.05, 0.1) is 25.9 Å². The first-order chi connectivity index (χ1) is 19.6. The quantitative estimate of drug-likeness (QED) is 0.238. The van der Waals surface area contributed by atoms with Crippen LogP contribution in [0.5, 0.6) is 11.5 Å². The maximum atomic E-state index is 13.3. The molecule has 208 valence electrons. The molecule has 3 aromatic carbocycles. The lowest BCUT2D eigenvalue weighted by Crippen LogP contribution is -2.48. The van der Waals surface area contributed by atoms with Crippen LogP contribution in [0, 0.1) is 0 Å². The fraction of sp³-hybridized carbons (Fsp3) is 0.303. The van der Waals surface area contributed by atoms with Crippen LogP contribution < -0.4 is 14.4 Å². The Balaban J connectivity index is 1.22. The first kappa shape index (κ1) is 27.3. The predicted molar refractivity (Wildman–Crippen MR) is 157 cm³/mol. The molecule has 7 heteroatoms. The molecule has 1 aromatic heterocycles. The zero-order valence-corrected chi connectivity index (χ0v) is 23.3. The maximum Gasteiger partial charge on any atom is 0.289 e. The van der Waals surface area contributed by atoms with Gasteiger partial charge in [0.25, 0.3) is 5.91 Å². The van der Waals surface area contributed by atoms with Crippen LogP contribution in [0.4, 0.5) is 5.69 Å². The molecule has 0 unspecified atom stereocenters. The third-order valence-corrected chi connectivity index (χ3v) is 7.14. The summed E-state index contributed by atoms with van der Waals surface area (Å²) >= 11 is 0. The molecule has 0 radical (unpaired) electrons. The number of furan rings is 1. The van der Waals surface area contributed by atoms with Crippen LogP contribution in [0.15, 0.2) is 95.4 Å². The summed E-state index contributed by atoms with van der Waals surface area (Å²) in [5.41, 5.74) is 3.48. The van der Waals surface area contributed by atoms with Crippen LogP contribution in [-0.2, 0) is 19.6 Å². The molecule has 0 spiro atoms. The van der Waals surface area contributed by atoms with Crippen LogP contribution in [0.1, 0.15) is 34.4 Å². The molecule has 0 atom stereocenters. The Hall–Kier alpha value is -4.23. The van der Waals surface area contributed by atoms with Crippen molar-refractivity contribution in [1.29, 1.82) is 0 Å². The molecule has 5 rings (SSSR count). The minimum absolute atomic E-state index is 0.0613. The van der Waals surface area contributed by atoms with Gasteiger partial charge in [0.1, 0.15) is 17.3 Å². The number of carbonyl (C=O) groups excluding carboxylic acids is 1. The number of ether oxygens (including phenoxy) is 2. The summed E-state index contributed by atoms with van der Waals surface area (Å²) in [6, 6.07) is 30.3. The largest absolute Gasteiger partial charge is 0.497 e.